The first-order chi connectivity index (χ1) is 10.3. The average molecular weight is 332 g/mol. The average Bonchev–Trinajstić information content (AvgIpc) is 2.39. The Balaban J connectivity index is 0. The second-order valence-corrected chi connectivity index (χ2v) is 10.3. The topological polar surface area (TPSA) is 74.3 Å². The molecule has 0 radical (unpaired) electrons. The van der Waals surface area contributed by atoms with E-state index < -0.39 is 31.2 Å². The maximum atomic E-state index is 10.1. The first-order valence-corrected chi connectivity index (χ1v) is 10.9. The number of hydrogen-bond acceptors (Lipinski definition) is 4. The summed E-state index contributed by atoms with van der Waals surface area (Å²) in [5, 5.41) is 9.62. The fourth-order valence-electron chi connectivity index (χ4n) is 2.87. The van der Waals surface area contributed by atoms with Crippen LogP contribution in [0.4, 0.5) is 0 Å². The molecule has 0 rings (SSSR count). The van der Waals surface area contributed by atoms with E-state index in [0.29, 0.717) is 0 Å². The summed E-state index contributed by atoms with van der Waals surface area (Å²) in [6.45, 7) is 10.6. The Morgan fingerprint density at radius 2 is 1.09 bits per heavy atom. The van der Waals surface area contributed by atoms with E-state index in [0.717, 1.165) is 6.92 Å². The van der Waals surface area contributed by atoms with Gasteiger partial charge in [0.1, 0.15) is 11.8 Å². The summed E-state index contributed by atoms with van der Waals surface area (Å²) in [5.74, 6) is -3.43. The molecule has 0 spiro atoms. The van der Waals surface area contributed by atoms with Crippen molar-refractivity contribution in [2.75, 3.05) is 24.6 Å². The third-order valence-electron chi connectivity index (χ3n) is 3.43. The third-order valence-corrected chi connectivity index (χ3v) is 9.01. The lowest BCUT2D eigenvalue weighted by Gasteiger charge is -2.26. The zero-order chi connectivity index (χ0) is 17.6. The lowest BCUT2D eigenvalue weighted by atomic mass is 10.2. The van der Waals surface area contributed by atoms with Gasteiger partial charge in [0, 0.05) is 7.26 Å². The maximum Gasteiger partial charge on any atom is 0.185 e. The van der Waals surface area contributed by atoms with Gasteiger partial charge in [0.25, 0.3) is 0 Å². The largest absolute Gasteiger partial charge is 0.542 e. The Kier molecular flexibility index (Phi) is 14.8. The van der Waals surface area contributed by atoms with Gasteiger partial charge in [-0.15, -0.1) is 0 Å². The predicted octanol–water partition coefficient (Wildman–Crippen LogP) is 2.93. The molecule has 22 heavy (non-hydrogen) atoms. The summed E-state index contributed by atoms with van der Waals surface area (Å²) in [6.07, 6.45) is 11.3. The first kappa shape index (κ1) is 23.5. The lowest BCUT2D eigenvalue weighted by molar-refractivity contribution is -0.300. The molecule has 130 valence electrons. The molecule has 0 amide bonds. The lowest BCUT2D eigenvalue weighted by Crippen LogP contribution is -2.32. The fourth-order valence-corrected chi connectivity index (χ4v) is 8.00. The van der Waals surface area contributed by atoms with Crippen LogP contribution in [-0.4, -0.2) is 42.2 Å². The smallest absolute Gasteiger partial charge is 0.185 e. The number of ketones is 2. The standard InChI is InChI=1S/C12H28P.C5H6O4/c1-5-9-13(10-6-2,11-7-3)12-8-4;1-3(6)2-4(7)5(8)9/h5-12H2,1-4H3;2H2,1H3,(H,8,9)/q+1;/p-1. The Labute approximate surface area is 136 Å². The van der Waals surface area contributed by atoms with Crippen LogP contribution in [0.3, 0.4) is 0 Å². The highest BCUT2D eigenvalue weighted by Gasteiger charge is 2.32. The molecule has 0 saturated heterocycles. The quantitative estimate of drug-likeness (QED) is 0.331. The zero-order valence-electron chi connectivity index (χ0n) is 14.9. The monoisotopic (exact) mass is 332 g/mol. The van der Waals surface area contributed by atoms with Gasteiger partial charge >= 0.3 is 0 Å². The van der Waals surface area contributed by atoms with Crippen LogP contribution in [0.15, 0.2) is 0 Å². The number of aliphatic carboxylic acids is 1. The highest BCUT2D eigenvalue weighted by Crippen LogP contribution is 2.60. The van der Waals surface area contributed by atoms with Crippen LogP contribution < -0.4 is 5.11 Å². The molecule has 5 heteroatoms. The molecular formula is C17H33O4P. The molecule has 0 fully saturated rings. The van der Waals surface area contributed by atoms with Gasteiger partial charge in [-0.1, -0.05) is 27.7 Å². The van der Waals surface area contributed by atoms with Crippen LogP contribution in [-0.2, 0) is 14.4 Å². The molecule has 0 aromatic rings. The van der Waals surface area contributed by atoms with Crippen molar-refractivity contribution in [3.8, 4) is 0 Å². The summed E-state index contributed by atoms with van der Waals surface area (Å²) in [5.41, 5.74) is 0. The van der Waals surface area contributed by atoms with Crippen molar-refractivity contribution in [2.45, 2.75) is 66.7 Å². The Morgan fingerprint density at radius 3 is 1.23 bits per heavy atom. The van der Waals surface area contributed by atoms with E-state index in [4.69, 9.17) is 0 Å². The molecule has 0 atom stereocenters. The first-order valence-electron chi connectivity index (χ1n) is 8.37. The van der Waals surface area contributed by atoms with Gasteiger partial charge in [-0.05, 0) is 32.6 Å². The summed E-state index contributed by atoms with van der Waals surface area (Å²) < 4.78 is 0. The van der Waals surface area contributed by atoms with Gasteiger partial charge in [-0.2, -0.15) is 0 Å². The minimum absolute atomic E-state index is 0.468. The fraction of sp³-hybridized carbons (Fsp3) is 0.824. The second kappa shape index (κ2) is 13.9. The van der Waals surface area contributed by atoms with Gasteiger partial charge in [0.05, 0.1) is 31.1 Å². The SMILES string of the molecule is CC(=O)CC(=O)C(=O)[O-].CCC[P+](CCC)(CCC)CCC. The van der Waals surface area contributed by atoms with Crippen LogP contribution in [0.25, 0.3) is 0 Å². The van der Waals surface area contributed by atoms with E-state index in [1.165, 1.54) is 25.7 Å². The number of carboxylic acid groups (broad SMARTS) is 1. The van der Waals surface area contributed by atoms with E-state index in [1.54, 1.807) is 24.6 Å². The van der Waals surface area contributed by atoms with Crippen molar-refractivity contribution >= 4 is 24.8 Å². The molecule has 0 aliphatic carbocycles. The molecule has 0 N–H and O–H groups in total. The van der Waals surface area contributed by atoms with Gasteiger partial charge < -0.3 is 9.90 Å². The Hall–Kier alpha value is -0.760. The third kappa shape index (κ3) is 11.9. The number of hydrogen-bond donors (Lipinski definition) is 0. The molecule has 0 bridgehead atoms. The highest BCUT2D eigenvalue weighted by atomic mass is 31.2. The van der Waals surface area contributed by atoms with Crippen LogP contribution in [0, 0.1) is 0 Å². The van der Waals surface area contributed by atoms with Crippen molar-refractivity contribution in [1.82, 2.24) is 0 Å². The molecule has 0 heterocycles. The van der Waals surface area contributed by atoms with Crippen molar-refractivity contribution in [1.29, 1.82) is 0 Å². The molecular weight excluding hydrogens is 299 g/mol. The predicted molar refractivity (Wildman–Crippen MR) is 92.9 cm³/mol. The van der Waals surface area contributed by atoms with E-state index in [-0.39, 0.29) is 0 Å². The normalized spacial score (nSPS) is 10.6. The minimum atomic E-state index is -1.80. The van der Waals surface area contributed by atoms with Gasteiger partial charge in [-0.3, -0.25) is 9.59 Å². The van der Waals surface area contributed by atoms with Gasteiger partial charge in [0.2, 0.25) is 0 Å². The highest BCUT2D eigenvalue weighted by molar-refractivity contribution is 7.75. The molecule has 0 unspecified atom stereocenters. The minimum Gasteiger partial charge on any atom is -0.542 e. The van der Waals surface area contributed by atoms with Gasteiger partial charge in [-0.25, -0.2) is 0 Å². The van der Waals surface area contributed by atoms with Crippen molar-refractivity contribution in [2.24, 2.45) is 0 Å². The zero-order valence-corrected chi connectivity index (χ0v) is 15.8. The van der Waals surface area contributed by atoms with E-state index in [9.17, 15) is 19.5 Å². The maximum absolute atomic E-state index is 10.1. The van der Waals surface area contributed by atoms with Crippen LogP contribution in [0.5, 0.6) is 0 Å². The Bertz CT molecular complexity index is 310. The molecule has 0 aliphatic heterocycles. The van der Waals surface area contributed by atoms with Crippen LogP contribution >= 0.6 is 7.26 Å². The summed E-state index contributed by atoms with van der Waals surface area (Å²) in [7, 11) is -0.496. The second-order valence-electron chi connectivity index (χ2n) is 5.83. The Morgan fingerprint density at radius 1 is 0.773 bits per heavy atom. The molecule has 0 aliphatic rings. The number of carbonyl (C=O) groups excluding carboxylic acids is 3. The summed E-state index contributed by atoms with van der Waals surface area (Å²) >= 11 is 0. The number of Topliss-reactive ketones (excluding diaryl/α,β-unsaturated/α-hetero) is 2. The van der Waals surface area contributed by atoms with E-state index >= 15 is 0 Å². The molecule has 0 saturated carbocycles. The summed E-state index contributed by atoms with van der Waals surface area (Å²) in [6, 6.07) is 0. The number of rotatable bonds is 11. The number of carboxylic acids is 1. The summed E-state index contributed by atoms with van der Waals surface area (Å²) in [4.78, 5) is 29.7. The van der Waals surface area contributed by atoms with Crippen LogP contribution in [0.1, 0.15) is 66.7 Å². The van der Waals surface area contributed by atoms with Crippen LogP contribution in [0.2, 0.25) is 0 Å². The van der Waals surface area contributed by atoms with Crippen molar-refractivity contribution in [3.05, 3.63) is 0 Å². The van der Waals surface area contributed by atoms with Crippen molar-refractivity contribution in [3.63, 3.8) is 0 Å². The number of carbonyl (C=O) groups is 3. The molecule has 4 nitrogen and oxygen atoms in total. The van der Waals surface area contributed by atoms with E-state index in [2.05, 4.69) is 27.7 Å². The molecule has 0 aromatic carbocycles. The van der Waals surface area contributed by atoms with Crippen molar-refractivity contribution < 1.29 is 19.5 Å². The molecule has 0 aromatic heterocycles. The van der Waals surface area contributed by atoms with E-state index in [1.807, 2.05) is 0 Å². The van der Waals surface area contributed by atoms with Gasteiger partial charge in [0.15, 0.2) is 5.78 Å².